The summed E-state index contributed by atoms with van der Waals surface area (Å²) in [5.41, 5.74) is 0. The molecule has 0 unspecified atom stereocenters. The Bertz CT molecular complexity index is 397. The molecule has 0 aromatic carbocycles. The van der Waals surface area contributed by atoms with Crippen LogP contribution in [0.5, 0.6) is 0 Å². The fourth-order valence-electron chi connectivity index (χ4n) is 2.34. The van der Waals surface area contributed by atoms with Crippen molar-refractivity contribution in [2.75, 3.05) is 26.2 Å². The third-order valence-corrected chi connectivity index (χ3v) is 3.36. The number of hydrogen-bond donors (Lipinski definition) is 2. The van der Waals surface area contributed by atoms with Crippen molar-refractivity contribution in [3.8, 4) is 0 Å². The highest BCUT2D eigenvalue weighted by molar-refractivity contribution is 5.90. The lowest BCUT2D eigenvalue weighted by molar-refractivity contribution is 0.0942. The molecular formula is C13H23N5O. The lowest BCUT2D eigenvalue weighted by atomic mass is 10.3. The second kappa shape index (κ2) is 7.23. The van der Waals surface area contributed by atoms with Gasteiger partial charge in [-0.15, -0.1) is 5.10 Å². The largest absolute Gasteiger partial charge is 0.349 e. The summed E-state index contributed by atoms with van der Waals surface area (Å²) >= 11 is 0. The van der Waals surface area contributed by atoms with Gasteiger partial charge < -0.3 is 10.2 Å². The average Bonchev–Trinajstić information content (AvgIpc) is 3.06. The molecular weight excluding hydrogens is 242 g/mol. The fourth-order valence-corrected chi connectivity index (χ4v) is 2.34. The Labute approximate surface area is 114 Å². The number of carbonyl (C=O) groups is 1. The van der Waals surface area contributed by atoms with E-state index in [2.05, 4.69) is 32.3 Å². The van der Waals surface area contributed by atoms with Crippen LogP contribution < -0.4 is 5.32 Å². The van der Waals surface area contributed by atoms with E-state index in [1.807, 2.05) is 0 Å². The van der Waals surface area contributed by atoms with E-state index in [4.69, 9.17) is 0 Å². The number of carbonyl (C=O) groups excluding carboxylic acids is 1. The lowest BCUT2D eigenvalue weighted by Gasteiger charge is -2.13. The van der Waals surface area contributed by atoms with Crippen LogP contribution in [0.3, 0.4) is 0 Å². The molecule has 0 bridgehead atoms. The van der Waals surface area contributed by atoms with Gasteiger partial charge in [0.25, 0.3) is 5.91 Å². The highest BCUT2D eigenvalue weighted by atomic mass is 16.2. The summed E-state index contributed by atoms with van der Waals surface area (Å²) in [6.07, 6.45) is 5.42. The van der Waals surface area contributed by atoms with E-state index in [9.17, 15) is 4.79 Å². The Hall–Kier alpha value is -1.43. The third kappa shape index (κ3) is 4.31. The van der Waals surface area contributed by atoms with Gasteiger partial charge in [-0.25, -0.2) is 4.98 Å². The van der Waals surface area contributed by atoms with Crippen LogP contribution in [0.2, 0.25) is 0 Å². The molecule has 0 saturated carbocycles. The summed E-state index contributed by atoms with van der Waals surface area (Å²) in [6.45, 7) is 6.23. The normalized spacial score (nSPS) is 15.8. The van der Waals surface area contributed by atoms with Crippen molar-refractivity contribution in [3.05, 3.63) is 11.6 Å². The highest BCUT2D eigenvalue weighted by Gasteiger charge is 2.13. The molecule has 1 aromatic rings. The predicted molar refractivity (Wildman–Crippen MR) is 73.0 cm³/mol. The first-order valence-electron chi connectivity index (χ1n) is 7.21. The van der Waals surface area contributed by atoms with E-state index < -0.39 is 0 Å². The SMILES string of the molecule is CCCc1nc(C(=O)NCCCN2CCCC2)n[nH]1. The molecule has 0 spiro atoms. The monoisotopic (exact) mass is 265 g/mol. The van der Waals surface area contributed by atoms with Gasteiger partial charge in [-0.05, 0) is 45.3 Å². The number of amides is 1. The quantitative estimate of drug-likeness (QED) is 0.721. The Balaban J connectivity index is 1.65. The minimum Gasteiger partial charge on any atom is -0.349 e. The first-order chi connectivity index (χ1) is 9.29. The summed E-state index contributed by atoms with van der Waals surface area (Å²) in [4.78, 5) is 18.4. The van der Waals surface area contributed by atoms with Crippen LogP contribution in [0.15, 0.2) is 0 Å². The molecule has 0 atom stereocenters. The molecule has 106 valence electrons. The summed E-state index contributed by atoms with van der Waals surface area (Å²) in [6, 6.07) is 0. The molecule has 1 saturated heterocycles. The van der Waals surface area contributed by atoms with Crippen molar-refractivity contribution in [1.82, 2.24) is 25.4 Å². The maximum Gasteiger partial charge on any atom is 0.290 e. The topological polar surface area (TPSA) is 73.9 Å². The van der Waals surface area contributed by atoms with Crippen LogP contribution in [-0.4, -0.2) is 52.2 Å². The second-order valence-corrected chi connectivity index (χ2v) is 5.01. The second-order valence-electron chi connectivity index (χ2n) is 5.01. The zero-order chi connectivity index (χ0) is 13.5. The van der Waals surface area contributed by atoms with Crippen molar-refractivity contribution >= 4 is 5.91 Å². The molecule has 19 heavy (non-hydrogen) atoms. The molecule has 6 heteroatoms. The smallest absolute Gasteiger partial charge is 0.290 e. The van der Waals surface area contributed by atoms with Crippen molar-refractivity contribution in [2.45, 2.75) is 39.0 Å². The number of H-pyrrole nitrogens is 1. The highest BCUT2D eigenvalue weighted by Crippen LogP contribution is 2.06. The van der Waals surface area contributed by atoms with Gasteiger partial charge >= 0.3 is 0 Å². The summed E-state index contributed by atoms with van der Waals surface area (Å²) in [5, 5.41) is 9.59. The van der Waals surface area contributed by atoms with Crippen molar-refractivity contribution in [2.24, 2.45) is 0 Å². The summed E-state index contributed by atoms with van der Waals surface area (Å²) < 4.78 is 0. The average molecular weight is 265 g/mol. The zero-order valence-electron chi connectivity index (χ0n) is 11.6. The molecule has 1 amide bonds. The van der Waals surface area contributed by atoms with Crippen molar-refractivity contribution in [3.63, 3.8) is 0 Å². The lowest BCUT2D eigenvalue weighted by Crippen LogP contribution is -2.29. The van der Waals surface area contributed by atoms with Gasteiger partial charge in [0.1, 0.15) is 5.82 Å². The number of likely N-dealkylation sites (tertiary alicyclic amines) is 1. The van der Waals surface area contributed by atoms with Gasteiger partial charge in [0.15, 0.2) is 0 Å². The first-order valence-corrected chi connectivity index (χ1v) is 7.21. The maximum absolute atomic E-state index is 11.8. The predicted octanol–water partition coefficient (Wildman–Crippen LogP) is 0.973. The van der Waals surface area contributed by atoms with Crippen LogP contribution >= 0.6 is 0 Å². The van der Waals surface area contributed by atoms with Crippen LogP contribution in [0, 0.1) is 0 Å². The number of aryl methyl sites for hydroxylation is 1. The van der Waals surface area contributed by atoms with Crippen LogP contribution in [0.25, 0.3) is 0 Å². The zero-order valence-corrected chi connectivity index (χ0v) is 11.6. The molecule has 1 aromatic heterocycles. The van der Waals surface area contributed by atoms with Gasteiger partial charge in [-0.3, -0.25) is 9.89 Å². The van der Waals surface area contributed by atoms with E-state index in [1.54, 1.807) is 0 Å². The van der Waals surface area contributed by atoms with E-state index in [0.717, 1.165) is 31.6 Å². The molecule has 2 N–H and O–H groups in total. The molecule has 1 aliphatic heterocycles. The molecule has 1 aliphatic rings. The Morgan fingerprint density at radius 1 is 1.42 bits per heavy atom. The van der Waals surface area contributed by atoms with E-state index in [0.29, 0.717) is 6.54 Å². The Morgan fingerprint density at radius 3 is 2.95 bits per heavy atom. The fraction of sp³-hybridized carbons (Fsp3) is 0.769. The maximum atomic E-state index is 11.8. The molecule has 0 radical (unpaired) electrons. The number of aromatic nitrogens is 3. The van der Waals surface area contributed by atoms with E-state index >= 15 is 0 Å². The molecule has 6 nitrogen and oxygen atoms in total. The number of nitrogens with one attached hydrogen (secondary N) is 2. The minimum absolute atomic E-state index is 0.181. The number of aromatic amines is 1. The number of rotatable bonds is 7. The summed E-state index contributed by atoms with van der Waals surface area (Å²) in [7, 11) is 0. The third-order valence-electron chi connectivity index (χ3n) is 3.36. The van der Waals surface area contributed by atoms with Gasteiger partial charge in [-0.1, -0.05) is 6.92 Å². The van der Waals surface area contributed by atoms with E-state index in [-0.39, 0.29) is 11.7 Å². The Kier molecular flexibility index (Phi) is 5.32. The van der Waals surface area contributed by atoms with E-state index in [1.165, 1.54) is 25.9 Å². The minimum atomic E-state index is -0.181. The van der Waals surface area contributed by atoms with Gasteiger partial charge in [-0.2, -0.15) is 0 Å². The number of nitrogens with zero attached hydrogens (tertiary/aromatic N) is 3. The standard InChI is InChI=1S/C13H23N5O/c1-2-6-11-15-12(17-16-11)13(19)14-7-5-10-18-8-3-4-9-18/h2-10H2,1H3,(H,14,19)(H,15,16,17). The molecule has 2 heterocycles. The Morgan fingerprint density at radius 2 is 2.21 bits per heavy atom. The van der Waals surface area contributed by atoms with Crippen LogP contribution in [-0.2, 0) is 6.42 Å². The molecule has 2 rings (SSSR count). The molecule has 0 aliphatic carbocycles. The van der Waals surface area contributed by atoms with Crippen molar-refractivity contribution < 1.29 is 4.79 Å². The molecule has 1 fully saturated rings. The van der Waals surface area contributed by atoms with Crippen molar-refractivity contribution in [1.29, 1.82) is 0 Å². The van der Waals surface area contributed by atoms with Gasteiger partial charge in [0.05, 0.1) is 0 Å². The first kappa shape index (κ1) is 14.0. The van der Waals surface area contributed by atoms with Crippen LogP contribution in [0.4, 0.5) is 0 Å². The van der Waals surface area contributed by atoms with Gasteiger partial charge in [0.2, 0.25) is 5.82 Å². The summed E-state index contributed by atoms with van der Waals surface area (Å²) in [5.74, 6) is 0.856. The van der Waals surface area contributed by atoms with Crippen LogP contribution in [0.1, 0.15) is 49.1 Å². The number of hydrogen-bond acceptors (Lipinski definition) is 4. The van der Waals surface area contributed by atoms with Gasteiger partial charge in [0, 0.05) is 13.0 Å².